The number of aromatic nitrogens is 2. The SMILES string of the molecule is O=[S-](=O)Nc1cc(C(F)(F)F)ccc1-c1nnc(NC2CCCNC2)c2c1C1CCC2C1.[Re]. The van der Waals surface area contributed by atoms with Gasteiger partial charge in [0.25, 0.3) is 0 Å². The van der Waals surface area contributed by atoms with Gasteiger partial charge in [-0.05, 0) is 68.2 Å². The van der Waals surface area contributed by atoms with E-state index in [1.54, 1.807) is 0 Å². The van der Waals surface area contributed by atoms with Gasteiger partial charge in [-0.3, -0.25) is 0 Å². The van der Waals surface area contributed by atoms with Crippen molar-refractivity contribution in [3.8, 4) is 11.3 Å². The van der Waals surface area contributed by atoms with Crippen molar-refractivity contribution in [2.24, 2.45) is 0 Å². The van der Waals surface area contributed by atoms with E-state index < -0.39 is 22.6 Å². The van der Waals surface area contributed by atoms with Gasteiger partial charge in [0.05, 0.1) is 11.3 Å². The van der Waals surface area contributed by atoms with Crippen LogP contribution in [-0.4, -0.2) is 29.3 Å². The third-order valence-corrected chi connectivity index (χ3v) is 7.12. The summed E-state index contributed by atoms with van der Waals surface area (Å²) in [5, 5.41) is 15.7. The van der Waals surface area contributed by atoms with Crippen LogP contribution in [0.3, 0.4) is 0 Å². The second kappa shape index (κ2) is 9.49. The monoisotopic (exact) mass is 653 g/mol. The van der Waals surface area contributed by atoms with Gasteiger partial charge in [0, 0.05) is 60.7 Å². The summed E-state index contributed by atoms with van der Waals surface area (Å²) in [6.07, 6.45) is 0.505. The summed E-state index contributed by atoms with van der Waals surface area (Å²) in [5.74, 6) is 1.33. The number of nitrogens with one attached hydrogen (secondary N) is 3. The largest absolute Gasteiger partial charge is 0.419 e. The molecule has 2 aromatic rings. The van der Waals surface area contributed by atoms with Crippen molar-refractivity contribution in [2.45, 2.75) is 56.2 Å². The maximum atomic E-state index is 13.2. The predicted molar refractivity (Wildman–Crippen MR) is 114 cm³/mol. The molecule has 2 bridgehead atoms. The minimum Gasteiger partial charge on any atom is -0.419 e. The Morgan fingerprint density at radius 2 is 1.82 bits per heavy atom. The van der Waals surface area contributed by atoms with Crippen LogP contribution in [0, 0.1) is 0 Å². The van der Waals surface area contributed by atoms with E-state index in [0.29, 0.717) is 17.2 Å². The van der Waals surface area contributed by atoms with Gasteiger partial charge in [0.1, 0.15) is 0 Å². The molecule has 3 unspecified atom stereocenters. The summed E-state index contributed by atoms with van der Waals surface area (Å²) in [6, 6.07) is 3.30. The molecule has 33 heavy (non-hydrogen) atoms. The van der Waals surface area contributed by atoms with Crippen LogP contribution in [0.4, 0.5) is 24.7 Å². The smallest absolute Gasteiger partial charge is 0.416 e. The number of rotatable bonds is 5. The Kier molecular flexibility index (Phi) is 7.01. The molecule has 179 valence electrons. The summed E-state index contributed by atoms with van der Waals surface area (Å²) in [7, 11) is -2.78. The first kappa shape index (κ1) is 24.4. The third kappa shape index (κ3) is 4.76. The molecule has 2 fully saturated rings. The number of anilines is 2. The molecule has 1 aromatic heterocycles. The minimum absolute atomic E-state index is 0. The van der Waals surface area contributed by atoms with E-state index in [0.717, 1.165) is 74.3 Å². The summed E-state index contributed by atoms with van der Waals surface area (Å²) in [6.45, 7) is 1.84. The maximum absolute atomic E-state index is 13.2. The summed E-state index contributed by atoms with van der Waals surface area (Å²) >= 11 is 0. The topological polar surface area (TPSA) is 96.0 Å². The fourth-order valence-electron chi connectivity index (χ4n) is 5.37. The van der Waals surface area contributed by atoms with Crippen molar-refractivity contribution in [3.63, 3.8) is 0 Å². The zero-order valence-electron chi connectivity index (χ0n) is 17.5. The molecule has 5 rings (SSSR count). The molecular formula is C21H23F3N5O2ReS-. The molecule has 2 heterocycles. The number of benzene rings is 1. The average molecular weight is 653 g/mol. The second-order valence-corrected chi connectivity index (χ2v) is 9.39. The fourth-order valence-corrected chi connectivity index (χ4v) is 5.72. The van der Waals surface area contributed by atoms with Crippen molar-refractivity contribution < 1.29 is 42.0 Å². The van der Waals surface area contributed by atoms with Crippen LogP contribution in [0.1, 0.15) is 60.6 Å². The molecule has 3 atom stereocenters. The molecular weight excluding hydrogens is 630 g/mol. The Balaban J connectivity index is 0.00000259. The van der Waals surface area contributed by atoms with Gasteiger partial charge in [-0.25, -0.2) is 0 Å². The van der Waals surface area contributed by atoms with E-state index in [1.807, 2.05) is 0 Å². The van der Waals surface area contributed by atoms with Gasteiger partial charge >= 0.3 is 6.18 Å². The number of alkyl halides is 3. The van der Waals surface area contributed by atoms with Crippen LogP contribution in [0.2, 0.25) is 0 Å². The van der Waals surface area contributed by atoms with Gasteiger partial charge in [0.15, 0.2) is 5.82 Å². The van der Waals surface area contributed by atoms with Gasteiger partial charge in [-0.15, -0.1) is 10.2 Å². The average Bonchev–Trinajstić information content (AvgIpc) is 3.37. The number of piperidine rings is 1. The first-order valence-corrected chi connectivity index (χ1v) is 11.8. The molecule has 1 aliphatic heterocycles. The molecule has 12 heteroatoms. The number of hydrogen-bond acceptors (Lipinski definition) is 7. The molecule has 3 aliphatic rings. The predicted octanol–water partition coefficient (Wildman–Crippen LogP) is 4.32. The standard InChI is InChI=1S/C21H23F3N5O2S.Re/c22-21(23,24)13-5-6-15(16(9-13)29-32(30)31)19-17-11-3-4-12(8-11)18(17)20(28-27-19)26-14-2-1-7-25-10-14;/h5-6,9,11-12,14,25H,1-4,7-8,10H2,(H,26,28)(H,29,30,31);/q-1;. The molecule has 1 radical (unpaired) electrons. The van der Waals surface area contributed by atoms with Crippen LogP contribution in [-0.2, 0) is 45.9 Å². The van der Waals surface area contributed by atoms with Gasteiger partial charge in [-0.2, -0.15) is 13.2 Å². The van der Waals surface area contributed by atoms with Gasteiger partial charge in [-0.1, -0.05) is 6.07 Å². The zero-order valence-corrected chi connectivity index (χ0v) is 21.1. The number of hydrogen-bond donors (Lipinski definition) is 3. The Morgan fingerprint density at radius 1 is 1.06 bits per heavy atom. The summed E-state index contributed by atoms with van der Waals surface area (Å²) in [5.41, 5.74) is 1.77. The Labute approximate surface area is 205 Å². The molecule has 1 saturated carbocycles. The quantitative estimate of drug-likeness (QED) is 0.417. The van der Waals surface area contributed by atoms with Crippen molar-refractivity contribution >= 4 is 22.4 Å². The van der Waals surface area contributed by atoms with E-state index in [2.05, 4.69) is 25.6 Å². The summed E-state index contributed by atoms with van der Waals surface area (Å²) in [4.78, 5) is 0. The van der Waals surface area contributed by atoms with Crippen LogP contribution in [0.25, 0.3) is 11.3 Å². The normalized spacial score (nSPS) is 23.8. The molecule has 7 nitrogen and oxygen atoms in total. The molecule has 3 N–H and O–H groups in total. The van der Waals surface area contributed by atoms with Crippen LogP contribution < -0.4 is 15.4 Å². The van der Waals surface area contributed by atoms with E-state index in [-0.39, 0.29) is 38.1 Å². The van der Waals surface area contributed by atoms with E-state index in [9.17, 15) is 21.6 Å². The van der Waals surface area contributed by atoms with Crippen molar-refractivity contribution in [2.75, 3.05) is 23.1 Å². The molecule has 0 amide bonds. The number of fused-ring (bicyclic) bond motifs is 5. The first-order valence-electron chi connectivity index (χ1n) is 10.8. The molecule has 1 aromatic carbocycles. The van der Waals surface area contributed by atoms with E-state index in [4.69, 9.17) is 0 Å². The number of halogens is 3. The number of nitrogens with zero attached hydrogens (tertiary/aromatic N) is 2. The third-order valence-electron chi connectivity index (χ3n) is 6.73. The fraction of sp³-hybridized carbons (Fsp3) is 0.524. The summed E-state index contributed by atoms with van der Waals surface area (Å²) < 4.78 is 64.4. The first-order chi connectivity index (χ1) is 15.3. The molecule has 0 spiro atoms. The van der Waals surface area contributed by atoms with Gasteiger partial charge < -0.3 is 23.8 Å². The zero-order chi connectivity index (χ0) is 22.5. The van der Waals surface area contributed by atoms with Crippen LogP contribution in [0.15, 0.2) is 18.2 Å². The maximum Gasteiger partial charge on any atom is 0.416 e. The molecule has 1 saturated heterocycles. The second-order valence-electron chi connectivity index (χ2n) is 8.71. The van der Waals surface area contributed by atoms with Crippen molar-refractivity contribution in [3.05, 3.63) is 34.9 Å². The van der Waals surface area contributed by atoms with E-state index in [1.165, 1.54) is 6.07 Å². The van der Waals surface area contributed by atoms with Crippen LogP contribution in [0.5, 0.6) is 0 Å². The Morgan fingerprint density at radius 3 is 2.48 bits per heavy atom. The minimum atomic E-state index is -4.59. The Hall–Kier alpha value is -1.74. The molecule has 2 aliphatic carbocycles. The van der Waals surface area contributed by atoms with Gasteiger partial charge in [0.2, 0.25) is 0 Å². The van der Waals surface area contributed by atoms with E-state index >= 15 is 0 Å². The Bertz CT molecular complexity index is 1110. The van der Waals surface area contributed by atoms with Crippen LogP contribution >= 0.6 is 0 Å². The van der Waals surface area contributed by atoms with Crippen molar-refractivity contribution in [1.29, 1.82) is 0 Å². The van der Waals surface area contributed by atoms with Crippen molar-refractivity contribution in [1.82, 2.24) is 15.5 Å².